The Balaban J connectivity index is 1.84. The average molecular weight is 443 g/mol. The number of carbonyl (C=O) groups is 1. The van der Waals surface area contributed by atoms with Gasteiger partial charge >= 0.3 is 12.2 Å². The lowest BCUT2D eigenvalue weighted by atomic mass is 10.1. The van der Waals surface area contributed by atoms with E-state index in [0.29, 0.717) is 11.3 Å². The molecule has 0 saturated carbocycles. The van der Waals surface area contributed by atoms with Crippen LogP contribution in [0.15, 0.2) is 42.6 Å². The van der Waals surface area contributed by atoms with Gasteiger partial charge in [-0.2, -0.15) is 18.3 Å². The van der Waals surface area contributed by atoms with Crippen molar-refractivity contribution in [3.05, 3.63) is 59.0 Å². The molecule has 0 atom stereocenters. The van der Waals surface area contributed by atoms with E-state index >= 15 is 0 Å². The standard InChI is InChI=1S/C19H15ClF4N4O2/c1-28-17(15(21)9-25-28)12-7-10(4-6-16(12)30-2)26-18(29)27-11-3-5-14(20)13(8-11)19(22,23)24/h3-9H,1-2H3,(H2,26,27,29). The number of benzene rings is 2. The number of aryl methyl sites for hydroxylation is 1. The van der Waals surface area contributed by atoms with Crippen LogP contribution in [0.4, 0.5) is 33.7 Å². The molecule has 2 aromatic carbocycles. The molecule has 1 heterocycles. The number of nitrogens with zero attached hydrogens (tertiary/aromatic N) is 2. The second kappa shape index (κ2) is 8.23. The Bertz CT molecular complexity index is 1080. The molecule has 11 heteroatoms. The fourth-order valence-corrected chi connectivity index (χ4v) is 3.02. The molecule has 158 valence electrons. The van der Waals surface area contributed by atoms with Crippen LogP contribution in [0, 0.1) is 5.82 Å². The zero-order chi connectivity index (χ0) is 22.1. The van der Waals surface area contributed by atoms with E-state index in [0.717, 1.165) is 18.3 Å². The van der Waals surface area contributed by atoms with Crippen LogP contribution in [0.5, 0.6) is 5.75 Å². The van der Waals surface area contributed by atoms with Crippen molar-refractivity contribution in [3.63, 3.8) is 0 Å². The van der Waals surface area contributed by atoms with Gasteiger partial charge in [0.05, 0.1) is 23.9 Å². The molecule has 2 N–H and O–H groups in total. The van der Waals surface area contributed by atoms with E-state index in [2.05, 4.69) is 15.7 Å². The number of amides is 2. The maximum Gasteiger partial charge on any atom is 0.417 e. The Morgan fingerprint density at radius 1 is 1.13 bits per heavy atom. The molecule has 0 aliphatic rings. The van der Waals surface area contributed by atoms with Gasteiger partial charge in [0.15, 0.2) is 5.82 Å². The Morgan fingerprint density at radius 2 is 1.77 bits per heavy atom. The third-order valence-corrected chi connectivity index (χ3v) is 4.47. The first-order valence-electron chi connectivity index (χ1n) is 8.41. The Kier molecular flexibility index (Phi) is 5.88. The summed E-state index contributed by atoms with van der Waals surface area (Å²) in [6.07, 6.45) is -3.62. The number of anilines is 2. The van der Waals surface area contributed by atoms with Gasteiger partial charge in [0, 0.05) is 24.0 Å². The summed E-state index contributed by atoms with van der Waals surface area (Å²) >= 11 is 5.57. The van der Waals surface area contributed by atoms with E-state index in [1.54, 1.807) is 7.05 Å². The third-order valence-electron chi connectivity index (χ3n) is 4.14. The number of aromatic nitrogens is 2. The molecule has 30 heavy (non-hydrogen) atoms. The normalized spacial score (nSPS) is 11.3. The SMILES string of the molecule is COc1ccc(NC(=O)Nc2ccc(Cl)c(C(F)(F)F)c2)cc1-c1c(F)cnn1C. The molecule has 0 unspecified atom stereocenters. The first-order valence-corrected chi connectivity index (χ1v) is 8.78. The average Bonchev–Trinajstić information content (AvgIpc) is 3.00. The maximum atomic E-state index is 14.1. The highest BCUT2D eigenvalue weighted by atomic mass is 35.5. The second-order valence-corrected chi connectivity index (χ2v) is 6.56. The number of nitrogens with one attached hydrogen (secondary N) is 2. The van der Waals surface area contributed by atoms with Gasteiger partial charge in [0.25, 0.3) is 0 Å². The fourth-order valence-electron chi connectivity index (χ4n) is 2.80. The van der Waals surface area contributed by atoms with Gasteiger partial charge in [-0.25, -0.2) is 9.18 Å². The number of rotatable bonds is 4. The first kappa shape index (κ1) is 21.4. The highest BCUT2D eigenvalue weighted by Crippen LogP contribution is 2.36. The van der Waals surface area contributed by atoms with Crippen LogP contribution >= 0.6 is 11.6 Å². The largest absolute Gasteiger partial charge is 0.496 e. The number of alkyl halides is 3. The zero-order valence-electron chi connectivity index (χ0n) is 15.6. The Labute approximate surface area is 173 Å². The Hall–Kier alpha value is -3.27. The van der Waals surface area contributed by atoms with Crippen molar-refractivity contribution in [2.75, 3.05) is 17.7 Å². The van der Waals surface area contributed by atoms with Crippen LogP contribution in [0.25, 0.3) is 11.3 Å². The van der Waals surface area contributed by atoms with E-state index in [9.17, 15) is 22.4 Å². The summed E-state index contributed by atoms with van der Waals surface area (Å²) in [6, 6.07) is 6.68. The number of hydrogen-bond acceptors (Lipinski definition) is 3. The highest BCUT2D eigenvalue weighted by Gasteiger charge is 2.33. The lowest BCUT2D eigenvalue weighted by molar-refractivity contribution is -0.137. The molecule has 3 rings (SSSR count). The summed E-state index contributed by atoms with van der Waals surface area (Å²) in [5.41, 5.74) is -0.438. The molecule has 2 amide bonds. The molecule has 0 radical (unpaired) electrons. The Morgan fingerprint density at radius 3 is 2.33 bits per heavy atom. The molecule has 0 aliphatic carbocycles. The third kappa shape index (κ3) is 4.48. The van der Waals surface area contributed by atoms with Crippen molar-refractivity contribution >= 4 is 29.0 Å². The van der Waals surface area contributed by atoms with E-state index in [4.69, 9.17) is 16.3 Å². The van der Waals surface area contributed by atoms with Crippen LogP contribution < -0.4 is 15.4 Å². The van der Waals surface area contributed by atoms with Crippen LogP contribution in [0.2, 0.25) is 5.02 Å². The van der Waals surface area contributed by atoms with Gasteiger partial charge in [-0.05, 0) is 36.4 Å². The van der Waals surface area contributed by atoms with Gasteiger partial charge in [0.2, 0.25) is 0 Å². The van der Waals surface area contributed by atoms with E-state index in [-0.39, 0.29) is 17.1 Å². The van der Waals surface area contributed by atoms with Crippen molar-refractivity contribution < 1.29 is 27.1 Å². The summed E-state index contributed by atoms with van der Waals surface area (Å²) in [5, 5.41) is 8.14. The number of hydrogen-bond donors (Lipinski definition) is 2. The molecule has 0 bridgehead atoms. The number of ether oxygens (including phenoxy) is 1. The van der Waals surface area contributed by atoms with Crippen molar-refractivity contribution in [2.45, 2.75) is 6.18 Å². The van der Waals surface area contributed by atoms with Gasteiger partial charge in [-0.1, -0.05) is 11.6 Å². The quantitative estimate of drug-likeness (QED) is 0.520. The number of carbonyl (C=O) groups excluding carboxylic acids is 1. The van der Waals surface area contributed by atoms with Crippen LogP contribution in [-0.2, 0) is 13.2 Å². The summed E-state index contributed by atoms with van der Waals surface area (Å²) in [7, 11) is 2.95. The molecular formula is C19H15ClF4N4O2. The summed E-state index contributed by atoms with van der Waals surface area (Å²) in [6.45, 7) is 0. The molecular weight excluding hydrogens is 428 g/mol. The molecule has 3 aromatic rings. The first-order chi connectivity index (χ1) is 14.1. The monoisotopic (exact) mass is 442 g/mol. The molecule has 0 fully saturated rings. The molecule has 0 spiro atoms. The van der Waals surface area contributed by atoms with Crippen molar-refractivity contribution in [3.8, 4) is 17.0 Å². The smallest absolute Gasteiger partial charge is 0.417 e. The zero-order valence-corrected chi connectivity index (χ0v) is 16.4. The molecule has 1 aromatic heterocycles. The summed E-state index contributed by atoms with van der Waals surface area (Å²) < 4.78 is 59.6. The maximum absolute atomic E-state index is 14.1. The lowest BCUT2D eigenvalue weighted by Gasteiger charge is -2.14. The molecule has 0 aliphatic heterocycles. The topological polar surface area (TPSA) is 68.2 Å². The number of urea groups is 1. The predicted octanol–water partition coefficient (Wildman–Crippen LogP) is 5.55. The summed E-state index contributed by atoms with van der Waals surface area (Å²) in [4.78, 5) is 12.3. The van der Waals surface area contributed by atoms with Crippen LogP contribution in [-0.4, -0.2) is 22.9 Å². The lowest BCUT2D eigenvalue weighted by Crippen LogP contribution is -2.20. The minimum Gasteiger partial charge on any atom is -0.496 e. The summed E-state index contributed by atoms with van der Waals surface area (Å²) in [5.74, 6) is -0.241. The van der Waals surface area contributed by atoms with Crippen molar-refractivity contribution in [2.24, 2.45) is 7.05 Å². The van der Waals surface area contributed by atoms with E-state index in [1.807, 2.05) is 0 Å². The fraction of sp³-hybridized carbons (Fsp3) is 0.158. The van der Waals surface area contributed by atoms with Crippen LogP contribution in [0.1, 0.15) is 5.56 Å². The van der Waals surface area contributed by atoms with Crippen molar-refractivity contribution in [1.29, 1.82) is 0 Å². The molecule has 0 saturated heterocycles. The predicted molar refractivity (Wildman–Crippen MR) is 104 cm³/mol. The highest BCUT2D eigenvalue weighted by molar-refractivity contribution is 6.31. The molecule has 6 nitrogen and oxygen atoms in total. The minimum absolute atomic E-state index is 0.101. The van der Waals surface area contributed by atoms with E-state index < -0.39 is 28.6 Å². The van der Waals surface area contributed by atoms with Gasteiger partial charge in [0.1, 0.15) is 11.4 Å². The van der Waals surface area contributed by atoms with Crippen LogP contribution in [0.3, 0.4) is 0 Å². The van der Waals surface area contributed by atoms with Gasteiger partial charge in [-0.15, -0.1) is 0 Å². The number of methoxy groups -OCH3 is 1. The van der Waals surface area contributed by atoms with Crippen molar-refractivity contribution in [1.82, 2.24) is 9.78 Å². The van der Waals surface area contributed by atoms with Gasteiger partial charge < -0.3 is 15.4 Å². The van der Waals surface area contributed by atoms with E-state index in [1.165, 1.54) is 36.1 Å². The van der Waals surface area contributed by atoms with Gasteiger partial charge in [-0.3, -0.25) is 4.68 Å². The number of halogens is 5. The minimum atomic E-state index is -4.66. The second-order valence-electron chi connectivity index (χ2n) is 6.15.